The lowest BCUT2D eigenvalue weighted by atomic mass is 10.1. The second kappa shape index (κ2) is 7.63. The monoisotopic (exact) mass is 389 g/mol. The molecule has 0 radical (unpaired) electrons. The average molecular weight is 389 g/mol. The topological polar surface area (TPSA) is 89.6 Å². The summed E-state index contributed by atoms with van der Waals surface area (Å²) in [4.78, 5) is 29.4. The minimum Gasteiger partial charge on any atom is -0.454 e. The summed E-state index contributed by atoms with van der Waals surface area (Å²) in [6.07, 6.45) is 1.44. The number of nitrogens with one attached hydrogen (secondary N) is 2. The Labute approximate surface area is 167 Å². The van der Waals surface area contributed by atoms with Crippen molar-refractivity contribution in [1.82, 2.24) is 4.98 Å². The van der Waals surface area contributed by atoms with Crippen LogP contribution in [0.4, 0.5) is 11.4 Å². The van der Waals surface area contributed by atoms with Crippen LogP contribution in [-0.4, -0.2) is 23.6 Å². The van der Waals surface area contributed by atoms with Gasteiger partial charge in [0.05, 0.1) is 0 Å². The molecule has 3 aromatic rings. The smallest absolute Gasteiger partial charge is 0.274 e. The molecule has 29 heavy (non-hydrogen) atoms. The van der Waals surface area contributed by atoms with Gasteiger partial charge in [0.25, 0.3) is 11.8 Å². The molecule has 2 heterocycles. The van der Waals surface area contributed by atoms with E-state index in [-0.39, 0.29) is 24.3 Å². The van der Waals surface area contributed by atoms with Crippen LogP contribution in [0.15, 0.2) is 54.7 Å². The lowest BCUT2D eigenvalue weighted by molar-refractivity contribution is 0.102. The van der Waals surface area contributed by atoms with Gasteiger partial charge in [0, 0.05) is 29.2 Å². The zero-order valence-corrected chi connectivity index (χ0v) is 16.0. The summed E-state index contributed by atoms with van der Waals surface area (Å²) in [5, 5.41) is 5.66. The normalized spacial score (nSPS) is 11.8. The molecular formula is C22H19N3O4. The second-order valence-electron chi connectivity index (χ2n) is 6.67. The van der Waals surface area contributed by atoms with Crippen molar-refractivity contribution in [2.75, 3.05) is 17.4 Å². The second-order valence-corrected chi connectivity index (χ2v) is 6.67. The number of benzene rings is 2. The summed E-state index contributed by atoms with van der Waals surface area (Å²) in [6.45, 7) is 4.01. The molecule has 2 amide bonds. The largest absolute Gasteiger partial charge is 0.454 e. The number of hydrogen-bond acceptors (Lipinski definition) is 5. The molecule has 7 heteroatoms. The number of fused-ring (bicyclic) bond motifs is 1. The average Bonchev–Trinajstić information content (AvgIpc) is 3.18. The molecule has 7 nitrogen and oxygen atoms in total. The number of pyridine rings is 1. The highest BCUT2D eigenvalue weighted by atomic mass is 16.7. The number of aryl methyl sites for hydroxylation is 2. The van der Waals surface area contributed by atoms with Gasteiger partial charge in [-0.15, -0.1) is 0 Å². The quantitative estimate of drug-likeness (QED) is 0.706. The molecule has 0 saturated carbocycles. The van der Waals surface area contributed by atoms with Crippen molar-refractivity contribution in [3.63, 3.8) is 0 Å². The maximum Gasteiger partial charge on any atom is 0.274 e. The molecule has 1 aliphatic rings. The fourth-order valence-corrected chi connectivity index (χ4v) is 3.06. The van der Waals surface area contributed by atoms with Crippen LogP contribution < -0.4 is 20.1 Å². The number of nitrogens with zero attached hydrogens (tertiary/aromatic N) is 1. The van der Waals surface area contributed by atoms with Crippen LogP contribution in [-0.2, 0) is 0 Å². The molecule has 0 aliphatic carbocycles. The summed E-state index contributed by atoms with van der Waals surface area (Å²) >= 11 is 0. The van der Waals surface area contributed by atoms with Crippen molar-refractivity contribution in [2.45, 2.75) is 13.8 Å². The van der Waals surface area contributed by atoms with Gasteiger partial charge in [-0.3, -0.25) is 14.6 Å². The first-order valence-electron chi connectivity index (χ1n) is 9.06. The minimum atomic E-state index is -0.375. The number of rotatable bonds is 4. The molecule has 2 aromatic carbocycles. The van der Waals surface area contributed by atoms with Crippen LogP contribution in [0.5, 0.6) is 11.5 Å². The summed E-state index contributed by atoms with van der Waals surface area (Å²) in [5.41, 5.74) is 3.70. The SMILES string of the molecule is Cc1cccc(C)c1NC(=O)c1cc(C(=O)Nc2ccc3c(c2)OCO3)ccn1. The predicted molar refractivity (Wildman–Crippen MR) is 109 cm³/mol. The maximum atomic E-state index is 12.6. The number of hydrogen-bond donors (Lipinski definition) is 2. The standard InChI is InChI=1S/C22H19N3O4/c1-13-4-3-5-14(2)20(13)25-22(27)17-10-15(8-9-23-17)21(26)24-16-6-7-18-19(11-16)29-12-28-18/h3-11H,12H2,1-2H3,(H,24,26)(H,25,27). The fraction of sp³-hybridized carbons (Fsp3) is 0.136. The maximum absolute atomic E-state index is 12.6. The van der Waals surface area contributed by atoms with Crippen LogP contribution in [0, 0.1) is 13.8 Å². The van der Waals surface area contributed by atoms with E-state index >= 15 is 0 Å². The van der Waals surface area contributed by atoms with E-state index < -0.39 is 0 Å². The Morgan fingerprint density at radius 3 is 2.45 bits per heavy atom. The van der Waals surface area contributed by atoms with Gasteiger partial charge in [-0.1, -0.05) is 18.2 Å². The van der Waals surface area contributed by atoms with Crippen molar-refractivity contribution in [3.8, 4) is 11.5 Å². The molecule has 0 atom stereocenters. The number of para-hydroxylation sites is 1. The zero-order valence-electron chi connectivity index (χ0n) is 16.0. The molecule has 1 aromatic heterocycles. The molecular weight excluding hydrogens is 370 g/mol. The Balaban J connectivity index is 1.50. The van der Waals surface area contributed by atoms with Crippen LogP contribution >= 0.6 is 0 Å². The molecule has 146 valence electrons. The number of ether oxygens (including phenoxy) is 2. The van der Waals surface area contributed by atoms with E-state index in [0.717, 1.165) is 16.8 Å². The van der Waals surface area contributed by atoms with E-state index in [0.29, 0.717) is 22.7 Å². The van der Waals surface area contributed by atoms with Crippen molar-refractivity contribution >= 4 is 23.2 Å². The lowest BCUT2D eigenvalue weighted by Gasteiger charge is -2.11. The Kier molecular flexibility index (Phi) is 4.87. The molecule has 0 unspecified atom stereocenters. The number of amides is 2. The van der Waals surface area contributed by atoms with Crippen LogP contribution in [0.2, 0.25) is 0 Å². The highest BCUT2D eigenvalue weighted by molar-refractivity contribution is 6.08. The minimum absolute atomic E-state index is 0.158. The van der Waals surface area contributed by atoms with Gasteiger partial charge >= 0.3 is 0 Å². The number of anilines is 2. The third kappa shape index (κ3) is 3.89. The van der Waals surface area contributed by atoms with Gasteiger partial charge in [0.2, 0.25) is 6.79 Å². The summed E-state index contributed by atoms with van der Waals surface area (Å²) < 4.78 is 10.6. The van der Waals surface area contributed by atoms with Gasteiger partial charge < -0.3 is 20.1 Å². The third-order valence-corrected chi connectivity index (χ3v) is 4.60. The van der Waals surface area contributed by atoms with E-state index in [1.54, 1.807) is 24.3 Å². The van der Waals surface area contributed by atoms with Crippen molar-refractivity contribution in [2.24, 2.45) is 0 Å². The van der Waals surface area contributed by atoms with E-state index in [1.165, 1.54) is 12.3 Å². The molecule has 4 rings (SSSR count). The zero-order chi connectivity index (χ0) is 20.4. The summed E-state index contributed by atoms with van der Waals surface area (Å²) in [7, 11) is 0. The van der Waals surface area contributed by atoms with E-state index in [9.17, 15) is 9.59 Å². The Morgan fingerprint density at radius 1 is 0.897 bits per heavy atom. The molecule has 0 spiro atoms. The first kappa shape index (κ1) is 18.5. The van der Waals surface area contributed by atoms with Gasteiger partial charge in [0.15, 0.2) is 11.5 Å². The fourth-order valence-electron chi connectivity index (χ4n) is 3.06. The number of carbonyl (C=O) groups excluding carboxylic acids is 2. The van der Waals surface area contributed by atoms with Crippen molar-refractivity contribution in [3.05, 3.63) is 77.1 Å². The summed E-state index contributed by atoms with van der Waals surface area (Å²) in [5.74, 6) is 0.482. The van der Waals surface area contributed by atoms with Crippen molar-refractivity contribution < 1.29 is 19.1 Å². The van der Waals surface area contributed by atoms with E-state index in [2.05, 4.69) is 15.6 Å². The van der Waals surface area contributed by atoms with Gasteiger partial charge in [-0.05, 0) is 49.2 Å². The van der Waals surface area contributed by atoms with Crippen LogP contribution in [0.1, 0.15) is 32.0 Å². The highest BCUT2D eigenvalue weighted by Crippen LogP contribution is 2.34. The van der Waals surface area contributed by atoms with Crippen LogP contribution in [0.3, 0.4) is 0 Å². The van der Waals surface area contributed by atoms with E-state index in [4.69, 9.17) is 9.47 Å². The molecule has 0 bridgehead atoms. The molecule has 0 saturated heterocycles. The van der Waals surface area contributed by atoms with Crippen LogP contribution in [0.25, 0.3) is 0 Å². The van der Waals surface area contributed by atoms with Gasteiger partial charge in [-0.25, -0.2) is 0 Å². The Hall–Kier alpha value is -3.87. The number of carbonyl (C=O) groups is 2. The predicted octanol–water partition coefficient (Wildman–Crippen LogP) is 3.93. The van der Waals surface area contributed by atoms with Crippen molar-refractivity contribution in [1.29, 1.82) is 0 Å². The first-order chi connectivity index (χ1) is 14.0. The Morgan fingerprint density at radius 2 is 1.66 bits per heavy atom. The Bertz CT molecular complexity index is 1090. The number of aromatic nitrogens is 1. The van der Waals surface area contributed by atoms with E-state index in [1.807, 2.05) is 32.0 Å². The highest BCUT2D eigenvalue weighted by Gasteiger charge is 2.16. The third-order valence-electron chi connectivity index (χ3n) is 4.60. The molecule has 0 fully saturated rings. The summed E-state index contributed by atoms with van der Waals surface area (Å²) in [6, 6.07) is 13.9. The van der Waals surface area contributed by atoms with Gasteiger partial charge in [0.1, 0.15) is 5.69 Å². The lowest BCUT2D eigenvalue weighted by Crippen LogP contribution is -2.17. The van der Waals surface area contributed by atoms with Gasteiger partial charge in [-0.2, -0.15) is 0 Å². The first-order valence-corrected chi connectivity index (χ1v) is 9.06. The molecule has 1 aliphatic heterocycles. The molecule has 2 N–H and O–H groups in total.